The minimum absolute atomic E-state index is 0.630. The third kappa shape index (κ3) is 2.91. The zero-order chi connectivity index (χ0) is 14.1. The van der Waals surface area contributed by atoms with Crippen LogP contribution in [0.4, 0.5) is 0 Å². The van der Waals surface area contributed by atoms with Crippen molar-refractivity contribution < 1.29 is 0 Å². The average molecular weight is 272 g/mol. The highest BCUT2D eigenvalue weighted by Gasteiger charge is 2.34. The molecule has 0 saturated carbocycles. The smallest absolute Gasteiger partial charge is 0.0237 e. The maximum Gasteiger partial charge on any atom is 0.0237 e. The lowest BCUT2D eigenvalue weighted by molar-refractivity contribution is 0.0540. The van der Waals surface area contributed by atoms with Crippen molar-refractivity contribution in [3.05, 3.63) is 35.4 Å². The minimum atomic E-state index is 0.630. The van der Waals surface area contributed by atoms with E-state index in [1.807, 2.05) is 0 Å². The maximum atomic E-state index is 2.70. The number of piperazine rings is 1. The largest absolute Gasteiger partial charge is 0.298 e. The predicted molar refractivity (Wildman–Crippen MR) is 85.0 cm³/mol. The Hall–Kier alpha value is -0.860. The van der Waals surface area contributed by atoms with Crippen LogP contribution in [-0.2, 0) is 6.54 Å². The molecule has 2 aliphatic heterocycles. The summed E-state index contributed by atoms with van der Waals surface area (Å²) in [5, 5.41) is 0. The first-order valence-electron chi connectivity index (χ1n) is 8.20. The molecule has 2 unspecified atom stereocenters. The molecule has 0 bridgehead atoms. The monoisotopic (exact) mass is 272 g/mol. The van der Waals surface area contributed by atoms with Crippen LogP contribution in [0.2, 0.25) is 0 Å². The van der Waals surface area contributed by atoms with Crippen LogP contribution in [0.5, 0.6) is 0 Å². The van der Waals surface area contributed by atoms with Crippen LogP contribution in [0.1, 0.15) is 50.7 Å². The summed E-state index contributed by atoms with van der Waals surface area (Å²) in [7, 11) is 0. The van der Waals surface area contributed by atoms with Crippen molar-refractivity contribution in [1.29, 1.82) is 0 Å². The fraction of sp³-hybridized carbons (Fsp3) is 0.667. The van der Waals surface area contributed by atoms with Gasteiger partial charge in [-0.2, -0.15) is 0 Å². The molecule has 0 spiro atoms. The molecule has 2 saturated heterocycles. The summed E-state index contributed by atoms with van der Waals surface area (Å²) in [5.74, 6) is 0.630. The van der Waals surface area contributed by atoms with Crippen molar-refractivity contribution in [1.82, 2.24) is 9.80 Å². The van der Waals surface area contributed by atoms with Gasteiger partial charge in [0.1, 0.15) is 0 Å². The quantitative estimate of drug-likeness (QED) is 0.831. The van der Waals surface area contributed by atoms with E-state index in [1.165, 1.54) is 43.6 Å². The lowest BCUT2D eigenvalue weighted by Gasteiger charge is -2.42. The van der Waals surface area contributed by atoms with Gasteiger partial charge in [0.05, 0.1) is 0 Å². The van der Waals surface area contributed by atoms with E-state index in [1.54, 1.807) is 0 Å². The second kappa shape index (κ2) is 5.87. The molecule has 3 rings (SSSR count). The Morgan fingerprint density at radius 1 is 1.15 bits per heavy atom. The Balaban J connectivity index is 1.64. The van der Waals surface area contributed by atoms with Crippen LogP contribution in [0.25, 0.3) is 0 Å². The summed E-state index contributed by atoms with van der Waals surface area (Å²) in [6.45, 7) is 11.9. The number of fused-ring (bicyclic) bond motifs is 1. The molecule has 2 heterocycles. The lowest BCUT2D eigenvalue weighted by Crippen LogP contribution is -2.54. The molecular weight excluding hydrogens is 244 g/mol. The van der Waals surface area contributed by atoms with Crippen LogP contribution in [0, 0.1) is 0 Å². The summed E-state index contributed by atoms with van der Waals surface area (Å²) >= 11 is 0. The van der Waals surface area contributed by atoms with E-state index in [0.717, 1.165) is 12.6 Å². The first kappa shape index (κ1) is 14.1. The molecule has 0 radical (unpaired) electrons. The summed E-state index contributed by atoms with van der Waals surface area (Å²) in [6.07, 6.45) is 2.80. The van der Waals surface area contributed by atoms with E-state index in [-0.39, 0.29) is 0 Å². The van der Waals surface area contributed by atoms with E-state index in [2.05, 4.69) is 54.8 Å². The second-order valence-corrected chi connectivity index (χ2v) is 6.97. The average Bonchev–Trinajstić information content (AvgIpc) is 2.87. The third-order valence-electron chi connectivity index (χ3n) is 5.10. The van der Waals surface area contributed by atoms with Gasteiger partial charge in [-0.05, 0) is 43.4 Å². The Labute approximate surface area is 123 Å². The highest BCUT2D eigenvalue weighted by atomic mass is 15.3. The van der Waals surface area contributed by atoms with Gasteiger partial charge in [0.2, 0.25) is 0 Å². The summed E-state index contributed by atoms with van der Waals surface area (Å²) in [4.78, 5) is 5.37. The van der Waals surface area contributed by atoms with Gasteiger partial charge in [-0.15, -0.1) is 0 Å². The van der Waals surface area contributed by atoms with Gasteiger partial charge >= 0.3 is 0 Å². The highest BCUT2D eigenvalue weighted by Crippen LogP contribution is 2.26. The molecule has 0 aliphatic carbocycles. The van der Waals surface area contributed by atoms with E-state index in [4.69, 9.17) is 0 Å². The SMILES string of the molecule is CC(C)c1ccc(CN2CC3CCCN3CC2C)cc1. The van der Waals surface area contributed by atoms with Gasteiger partial charge in [0, 0.05) is 31.7 Å². The molecule has 0 amide bonds. The normalized spacial score (nSPS) is 28.0. The molecule has 2 aliphatic rings. The standard InChI is InChI=1S/C18H28N2/c1-14(2)17-8-6-16(7-9-17)12-20-13-18-5-4-10-19(18)11-15(20)3/h6-9,14-15,18H,4-5,10-13H2,1-3H3. The van der Waals surface area contributed by atoms with Crippen LogP contribution >= 0.6 is 0 Å². The number of nitrogens with zero attached hydrogens (tertiary/aromatic N) is 2. The number of hydrogen-bond donors (Lipinski definition) is 0. The fourth-order valence-corrected chi connectivity index (χ4v) is 3.71. The maximum absolute atomic E-state index is 2.70. The molecule has 0 aromatic heterocycles. The molecule has 0 N–H and O–H groups in total. The van der Waals surface area contributed by atoms with Crippen molar-refractivity contribution in [3.8, 4) is 0 Å². The highest BCUT2D eigenvalue weighted by molar-refractivity contribution is 5.24. The van der Waals surface area contributed by atoms with Crippen molar-refractivity contribution in [2.75, 3.05) is 19.6 Å². The summed E-state index contributed by atoms with van der Waals surface area (Å²) < 4.78 is 0. The fourth-order valence-electron chi connectivity index (χ4n) is 3.71. The Morgan fingerprint density at radius 2 is 1.90 bits per heavy atom. The van der Waals surface area contributed by atoms with Gasteiger partial charge in [-0.1, -0.05) is 38.1 Å². The van der Waals surface area contributed by atoms with Crippen LogP contribution in [0.15, 0.2) is 24.3 Å². The Morgan fingerprint density at radius 3 is 2.60 bits per heavy atom. The third-order valence-corrected chi connectivity index (χ3v) is 5.10. The topological polar surface area (TPSA) is 6.48 Å². The summed E-state index contributed by atoms with van der Waals surface area (Å²) in [5.41, 5.74) is 2.91. The molecule has 20 heavy (non-hydrogen) atoms. The zero-order valence-electron chi connectivity index (χ0n) is 13.2. The molecular formula is C18H28N2. The van der Waals surface area contributed by atoms with Gasteiger partial charge < -0.3 is 0 Å². The Bertz CT molecular complexity index is 437. The van der Waals surface area contributed by atoms with Crippen molar-refractivity contribution >= 4 is 0 Å². The van der Waals surface area contributed by atoms with Gasteiger partial charge in [-0.25, -0.2) is 0 Å². The van der Waals surface area contributed by atoms with Crippen molar-refractivity contribution in [2.24, 2.45) is 0 Å². The molecule has 110 valence electrons. The van der Waals surface area contributed by atoms with Crippen LogP contribution in [-0.4, -0.2) is 41.5 Å². The number of benzene rings is 1. The molecule has 2 heteroatoms. The molecule has 2 fully saturated rings. The minimum Gasteiger partial charge on any atom is -0.298 e. The van der Waals surface area contributed by atoms with Crippen molar-refractivity contribution in [3.63, 3.8) is 0 Å². The first-order chi connectivity index (χ1) is 9.63. The van der Waals surface area contributed by atoms with Gasteiger partial charge in [0.25, 0.3) is 0 Å². The van der Waals surface area contributed by atoms with Gasteiger partial charge in [-0.3, -0.25) is 9.80 Å². The van der Waals surface area contributed by atoms with E-state index in [9.17, 15) is 0 Å². The van der Waals surface area contributed by atoms with E-state index < -0.39 is 0 Å². The lowest BCUT2D eigenvalue weighted by atomic mass is 10.0. The number of rotatable bonds is 3. The first-order valence-corrected chi connectivity index (χ1v) is 8.20. The van der Waals surface area contributed by atoms with Crippen molar-refractivity contribution in [2.45, 2.75) is 58.2 Å². The molecule has 1 aromatic rings. The Kier molecular flexibility index (Phi) is 4.13. The number of hydrogen-bond acceptors (Lipinski definition) is 2. The summed E-state index contributed by atoms with van der Waals surface area (Å²) in [6, 6.07) is 10.8. The molecule has 1 aromatic carbocycles. The molecule has 2 atom stereocenters. The zero-order valence-corrected chi connectivity index (χ0v) is 13.2. The van der Waals surface area contributed by atoms with Crippen LogP contribution < -0.4 is 0 Å². The second-order valence-electron chi connectivity index (χ2n) is 6.97. The van der Waals surface area contributed by atoms with Crippen LogP contribution in [0.3, 0.4) is 0 Å². The van der Waals surface area contributed by atoms with E-state index in [0.29, 0.717) is 12.0 Å². The predicted octanol–water partition coefficient (Wildman–Crippen LogP) is 3.48. The van der Waals surface area contributed by atoms with E-state index >= 15 is 0 Å². The molecule has 2 nitrogen and oxygen atoms in total. The van der Waals surface area contributed by atoms with Gasteiger partial charge in [0.15, 0.2) is 0 Å².